The van der Waals surface area contributed by atoms with E-state index >= 15 is 0 Å². The summed E-state index contributed by atoms with van der Waals surface area (Å²) in [6, 6.07) is 1.69. The van der Waals surface area contributed by atoms with E-state index < -0.39 is 0 Å². The molecule has 23 heavy (non-hydrogen) atoms. The van der Waals surface area contributed by atoms with Crippen molar-refractivity contribution in [2.24, 2.45) is 0 Å². The molecule has 0 radical (unpaired) electrons. The molecule has 1 amide bonds. The second kappa shape index (κ2) is 6.90. The Morgan fingerprint density at radius 1 is 1.48 bits per heavy atom. The van der Waals surface area contributed by atoms with Crippen molar-refractivity contribution in [3.63, 3.8) is 0 Å². The van der Waals surface area contributed by atoms with Crippen molar-refractivity contribution in [3.05, 3.63) is 24.0 Å². The molecule has 3 rings (SSSR count). The smallest absolute Gasteiger partial charge is 0.255 e. The third kappa shape index (κ3) is 3.85. The van der Waals surface area contributed by atoms with Gasteiger partial charge in [0.25, 0.3) is 5.91 Å². The lowest BCUT2D eigenvalue weighted by atomic mass is 9.99. The van der Waals surface area contributed by atoms with Gasteiger partial charge in [0.1, 0.15) is 5.60 Å². The highest BCUT2D eigenvalue weighted by Crippen LogP contribution is 2.33. The summed E-state index contributed by atoms with van der Waals surface area (Å²) in [4.78, 5) is 16.6. The number of ether oxygens (including phenoxy) is 2. The number of rotatable bonds is 3. The van der Waals surface area contributed by atoms with Crippen molar-refractivity contribution < 1.29 is 14.3 Å². The van der Waals surface area contributed by atoms with Crippen molar-refractivity contribution in [1.29, 1.82) is 0 Å². The molecule has 1 aromatic heterocycles. The number of hydrogen-bond donors (Lipinski definition) is 0. The topological polar surface area (TPSA) is 67.8 Å². The van der Waals surface area contributed by atoms with Crippen LogP contribution in [-0.2, 0) is 9.47 Å². The summed E-state index contributed by atoms with van der Waals surface area (Å²) in [5, 5.41) is 7.52. The van der Waals surface area contributed by atoms with E-state index in [4.69, 9.17) is 9.47 Å². The largest absolute Gasteiger partial charge is 0.377 e. The van der Waals surface area contributed by atoms with Gasteiger partial charge in [-0.1, -0.05) is 0 Å². The van der Waals surface area contributed by atoms with Crippen molar-refractivity contribution >= 4 is 5.91 Å². The average molecular weight is 320 g/mol. The van der Waals surface area contributed by atoms with Gasteiger partial charge in [-0.2, -0.15) is 10.2 Å². The van der Waals surface area contributed by atoms with Crippen LogP contribution < -0.4 is 0 Å². The van der Waals surface area contributed by atoms with Crippen molar-refractivity contribution in [1.82, 2.24) is 20.0 Å². The van der Waals surface area contributed by atoms with E-state index in [9.17, 15) is 4.79 Å². The molecule has 0 unspecified atom stereocenters. The molecule has 2 fully saturated rings. The van der Waals surface area contributed by atoms with Gasteiger partial charge in [0.15, 0.2) is 0 Å². The standard InChI is InChI=1S/C16H24N4O3/c1-19(2)10-14-3-5-16(23-14)11-20(7-8-22-12-16)15(21)13-4-6-17-18-9-13/h4,6,9,14H,3,5,7-8,10-12H2,1-2H3/t14-,16+/m0/s1. The maximum Gasteiger partial charge on any atom is 0.255 e. The minimum atomic E-state index is -0.382. The van der Waals surface area contributed by atoms with E-state index in [-0.39, 0.29) is 17.6 Å². The second-order valence-corrected chi connectivity index (χ2v) is 6.63. The van der Waals surface area contributed by atoms with Crippen LogP contribution >= 0.6 is 0 Å². The molecule has 2 atom stereocenters. The van der Waals surface area contributed by atoms with Gasteiger partial charge in [0.05, 0.1) is 43.8 Å². The van der Waals surface area contributed by atoms with E-state index in [2.05, 4.69) is 15.1 Å². The number of aromatic nitrogens is 2. The fourth-order valence-electron chi connectivity index (χ4n) is 3.33. The van der Waals surface area contributed by atoms with E-state index in [0.29, 0.717) is 31.9 Å². The number of nitrogens with zero attached hydrogens (tertiary/aromatic N) is 4. The van der Waals surface area contributed by atoms with Crippen molar-refractivity contribution in [2.45, 2.75) is 24.5 Å². The maximum atomic E-state index is 12.7. The minimum Gasteiger partial charge on any atom is -0.377 e. The van der Waals surface area contributed by atoms with Gasteiger partial charge in [-0.05, 0) is 33.0 Å². The average Bonchev–Trinajstić information content (AvgIpc) is 2.79. The Balaban J connectivity index is 1.70. The van der Waals surface area contributed by atoms with E-state index in [1.165, 1.54) is 12.4 Å². The fourth-order valence-corrected chi connectivity index (χ4v) is 3.33. The number of amides is 1. The highest BCUT2D eigenvalue weighted by molar-refractivity contribution is 5.93. The first-order valence-electron chi connectivity index (χ1n) is 8.04. The lowest BCUT2D eigenvalue weighted by Gasteiger charge is -2.32. The van der Waals surface area contributed by atoms with Crippen LogP contribution in [0.1, 0.15) is 23.2 Å². The van der Waals surface area contributed by atoms with Crippen LogP contribution in [0, 0.1) is 0 Å². The van der Waals surface area contributed by atoms with Crippen LogP contribution in [0.5, 0.6) is 0 Å². The third-order valence-electron chi connectivity index (χ3n) is 4.38. The molecule has 3 heterocycles. The van der Waals surface area contributed by atoms with Crippen LogP contribution in [0.4, 0.5) is 0 Å². The summed E-state index contributed by atoms with van der Waals surface area (Å²) in [5.74, 6) is -0.0376. The summed E-state index contributed by atoms with van der Waals surface area (Å²) in [7, 11) is 4.09. The lowest BCUT2D eigenvalue weighted by molar-refractivity contribution is -0.0878. The summed E-state index contributed by atoms with van der Waals surface area (Å²) in [6.07, 6.45) is 5.16. The summed E-state index contributed by atoms with van der Waals surface area (Å²) >= 11 is 0. The molecule has 0 aliphatic carbocycles. The molecule has 0 bridgehead atoms. The van der Waals surface area contributed by atoms with Crippen molar-refractivity contribution in [3.8, 4) is 0 Å². The van der Waals surface area contributed by atoms with Gasteiger partial charge in [-0.25, -0.2) is 0 Å². The van der Waals surface area contributed by atoms with E-state index in [1.54, 1.807) is 6.07 Å². The summed E-state index contributed by atoms with van der Waals surface area (Å²) in [5.41, 5.74) is 0.174. The first kappa shape index (κ1) is 16.3. The molecule has 7 nitrogen and oxygen atoms in total. The molecule has 1 aromatic rings. The number of carbonyl (C=O) groups excluding carboxylic acids is 1. The minimum absolute atomic E-state index is 0.0376. The zero-order valence-corrected chi connectivity index (χ0v) is 13.8. The Morgan fingerprint density at radius 3 is 3.09 bits per heavy atom. The molecule has 0 saturated carbocycles. The first-order valence-corrected chi connectivity index (χ1v) is 8.04. The fraction of sp³-hybridized carbons (Fsp3) is 0.688. The second-order valence-electron chi connectivity index (χ2n) is 6.63. The van der Waals surface area contributed by atoms with Crippen LogP contribution in [0.2, 0.25) is 0 Å². The molecule has 1 spiro atoms. The van der Waals surface area contributed by atoms with E-state index in [0.717, 1.165) is 19.4 Å². The molecule has 0 N–H and O–H groups in total. The monoisotopic (exact) mass is 320 g/mol. The molecule has 2 aliphatic rings. The molecule has 2 saturated heterocycles. The van der Waals surface area contributed by atoms with Crippen LogP contribution in [0.25, 0.3) is 0 Å². The summed E-state index contributed by atoms with van der Waals surface area (Å²) < 4.78 is 12.0. The zero-order chi connectivity index (χ0) is 16.3. The quantitative estimate of drug-likeness (QED) is 0.804. The molecular weight excluding hydrogens is 296 g/mol. The Labute approximate surface area is 136 Å². The van der Waals surface area contributed by atoms with Gasteiger partial charge >= 0.3 is 0 Å². The van der Waals surface area contributed by atoms with Gasteiger partial charge in [-0.3, -0.25) is 4.79 Å². The van der Waals surface area contributed by atoms with E-state index in [1.807, 2.05) is 19.0 Å². The molecule has 7 heteroatoms. The van der Waals surface area contributed by atoms with Gasteiger partial charge in [-0.15, -0.1) is 0 Å². The predicted molar refractivity (Wildman–Crippen MR) is 84.1 cm³/mol. The molecule has 126 valence electrons. The van der Waals surface area contributed by atoms with Gasteiger partial charge in [0.2, 0.25) is 0 Å². The highest BCUT2D eigenvalue weighted by Gasteiger charge is 2.44. The van der Waals surface area contributed by atoms with Crippen LogP contribution in [-0.4, -0.2) is 84.6 Å². The van der Waals surface area contributed by atoms with Gasteiger partial charge < -0.3 is 19.3 Å². The Kier molecular flexibility index (Phi) is 4.89. The zero-order valence-electron chi connectivity index (χ0n) is 13.8. The van der Waals surface area contributed by atoms with Crippen molar-refractivity contribution in [2.75, 3.05) is 46.9 Å². The number of likely N-dealkylation sites (N-methyl/N-ethyl adjacent to an activating group) is 1. The molecular formula is C16H24N4O3. The molecule has 0 aromatic carbocycles. The van der Waals surface area contributed by atoms with Crippen LogP contribution in [0.3, 0.4) is 0 Å². The number of hydrogen-bond acceptors (Lipinski definition) is 6. The van der Waals surface area contributed by atoms with Gasteiger partial charge in [0, 0.05) is 13.1 Å². The summed E-state index contributed by atoms with van der Waals surface area (Å²) in [6.45, 7) is 3.12. The lowest BCUT2D eigenvalue weighted by Crippen LogP contribution is -2.47. The highest BCUT2D eigenvalue weighted by atomic mass is 16.6. The van der Waals surface area contributed by atoms with Crippen LogP contribution in [0.15, 0.2) is 18.5 Å². The Morgan fingerprint density at radius 2 is 2.35 bits per heavy atom. The normalized spacial score (nSPS) is 28.3. The molecule has 2 aliphatic heterocycles. The third-order valence-corrected chi connectivity index (χ3v) is 4.38. The number of carbonyl (C=O) groups is 1. The maximum absolute atomic E-state index is 12.7. The Hall–Kier alpha value is -1.57. The SMILES string of the molecule is CN(C)C[C@@H]1CC[C@@]2(COCCN(C(=O)c3ccnnc3)C2)O1. The Bertz CT molecular complexity index is 539. The first-order chi connectivity index (χ1) is 11.1. The predicted octanol–water partition coefficient (Wildman–Crippen LogP) is 0.428.